The van der Waals surface area contributed by atoms with Gasteiger partial charge < -0.3 is 19.5 Å². The number of carboxylic acids is 1. The number of aliphatic carboxylic acids is 1. The first-order valence-electron chi connectivity index (χ1n) is 3.68. The Kier molecular flexibility index (Phi) is 5.62. The number of carbonyl (C=O) groups is 2. The maximum atomic E-state index is 10.6. The van der Waals surface area contributed by atoms with Crippen molar-refractivity contribution in [3.05, 3.63) is 0 Å². The lowest BCUT2D eigenvalue weighted by Crippen LogP contribution is -2.21. The molecule has 6 nitrogen and oxygen atoms in total. The maximum absolute atomic E-state index is 10.6. The molecule has 0 aromatic carbocycles. The second-order valence-corrected chi connectivity index (χ2v) is 2.58. The van der Waals surface area contributed by atoms with Crippen LogP contribution in [0.4, 0.5) is 4.79 Å². The summed E-state index contributed by atoms with van der Waals surface area (Å²) in [7, 11) is 3.65. The van der Waals surface area contributed by atoms with Gasteiger partial charge >= 0.3 is 12.1 Å². The maximum Gasteiger partial charge on any atom is 0.508 e. The van der Waals surface area contributed by atoms with Gasteiger partial charge in [0.05, 0.1) is 0 Å². The normalized spacial score (nSPS) is 9.77. The molecule has 0 rings (SSSR count). The van der Waals surface area contributed by atoms with Crippen LogP contribution in [-0.2, 0) is 14.3 Å². The first-order chi connectivity index (χ1) is 6.02. The van der Waals surface area contributed by atoms with Crippen molar-refractivity contribution in [1.29, 1.82) is 0 Å². The zero-order chi connectivity index (χ0) is 10.3. The summed E-state index contributed by atoms with van der Waals surface area (Å²) in [6.45, 7) is 0.0917. The summed E-state index contributed by atoms with van der Waals surface area (Å²) >= 11 is 0. The molecule has 0 aliphatic heterocycles. The fourth-order valence-corrected chi connectivity index (χ4v) is 0.474. The van der Waals surface area contributed by atoms with Crippen molar-refractivity contribution >= 4 is 12.1 Å². The first kappa shape index (κ1) is 11.7. The number of hydrogen-bond donors (Lipinski definition) is 1. The number of rotatable bonds is 5. The van der Waals surface area contributed by atoms with Crippen molar-refractivity contribution in [1.82, 2.24) is 4.90 Å². The Morgan fingerprint density at radius 2 is 1.92 bits per heavy atom. The summed E-state index contributed by atoms with van der Waals surface area (Å²) in [5, 5.41) is 8.14. The molecule has 0 amide bonds. The van der Waals surface area contributed by atoms with E-state index in [0.717, 1.165) is 0 Å². The first-order valence-corrected chi connectivity index (χ1v) is 3.68. The van der Waals surface area contributed by atoms with Crippen LogP contribution in [0.3, 0.4) is 0 Å². The molecule has 0 heterocycles. The third-order valence-electron chi connectivity index (χ3n) is 1.07. The monoisotopic (exact) mass is 191 g/mol. The summed E-state index contributed by atoms with van der Waals surface area (Å²) < 4.78 is 8.74. The fraction of sp³-hybridized carbons (Fsp3) is 0.714. The van der Waals surface area contributed by atoms with Crippen molar-refractivity contribution in [2.45, 2.75) is 0 Å². The van der Waals surface area contributed by atoms with Crippen LogP contribution in [0, 0.1) is 0 Å². The highest BCUT2D eigenvalue weighted by atomic mass is 16.7. The van der Waals surface area contributed by atoms with E-state index in [1.54, 1.807) is 0 Å². The Morgan fingerprint density at radius 3 is 2.38 bits per heavy atom. The standard InChI is InChI=1S/C7H13NO5/c1-8(2)3-4-12-7(11)13-5-6(9)10/h3-5H2,1-2H3,(H,9,10). The van der Waals surface area contributed by atoms with E-state index in [1.165, 1.54) is 0 Å². The molecule has 0 unspecified atom stereocenters. The van der Waals surface area contributed by atoms with Crippen LogP contribution in [0.15, 0.2) is 0 Å². The van der Waals surface area contributed by atoms with Crippen molar-refractivity contribution in [3.63, 3.8) is 0 Å². The highest BCUT2D eigenvalue weighted by Gasteiger charge is 2.06. The Bertz CT molecular complexity index is 180. The second kappa shape index (κ2) is 6.24. The van der Waals surface area contributed by atoms with Crippen molar-refractivity contribution in [3.8, 4) is 0 Å². The van der Waals surface area contributed by atoms with Gasteiger partial charge in [0.1, 0.15) is 6.61 Å². The van der Waals surface area contributed by atoms with Gasteiger partial charge in [0.2, 0.25) is 0 Å². The SMILES string of the molecule is CN(C)CCOC(=O)OCC(=O)O. The van der Waals surface area contributed by atoms with Gasteiger partial charge in [-0.2, -0.15) is 0 Å². The molecule has 0 bridgehead atoms. The van der Waals surface area contributed by atoms with Crippen molar-refractivity contribution in [2.24, 2.45) is 0 Å². The molecule has 76 valence electrons. The largest absolute Gasteiger partial charge is 0.508 e. The van der Waals surface area contributed by atoms with Crippen LogP contribution in [0.2, 0.25) is 0 Å². The lowest BCUT2D eigenvalue weighted by atomic mass is 10.6. The molecule has 0 atom stereocenters. The molecule has 0 spiro atoms. The van der Waals surface area contributed by atoms with Gasteiger partial charge in [-0.15, -0.1) is 0 Å². The van der Waals surface area contributed by atoms with Crippen LogP contribution in [0.5, 0.6) is 0 Å². The van der Waals surface area contributed by atoms with Gasteiger partial charge in [0.25, 0.3) is 0 Å². The number of ether oxygens (including phenoxy) is 2. The van der Waals surface area contributed by atoms with Crippen LogP contribution >= 0.6 is 0 Å². The van der Waals surface area contributed by atoms with E-state index in [4.69, 9.17) is 5.11 Å². The van der Waals surface area contributed by atoms with Gasteiger partial charge in [-0.3, -0.25) is 0 Å². The van der Waals surface area contributed by atoms with Gasteiger partial charge in [0.15, 0.2) is 6.61 Å². The zero-order valence-electron chi connectivity index (χ0n) is 7.65. The average Bonchev–Trinajstić information content (AvgIpc) is 2.00. The van der Waals surface area contributed by atoms with E-state index in [-0.39, 0.29) is 6.61 Å². The number of hydrogen-bond acceptors (Lipinski definition) is 5. The van der Waals surface area contributed by atoms with Crippen LogP contribution < -0.4 is 0 Å². The topological polar surface area (TPSA) is 76.1 Å². The molecule has 0 fully saturated rings. The van der Waals surface area contributed by atoms with Gasteiger partial charge in [-0.25, -0.2) is 9.59 Å². The summed E-state index contributed by atoms with van der Waals surface area (Å²) in [5.41, 5.74) is 0. The molecule has 13 heavy (non-hydrogen) atoms. The average molecular weight is 191 g/mol. The van der Waals surface area contributed by atoms with Crippen LogP contribution in [-0.4, -0.2) is 56.0 Å². The predicted molar refractivity (Wildman–Crippen MR) is 43.5 cm³/mol. The van der Waals surface area contributed by atoms with Gasteiger partial charge in [-0.05, 0) is 14.1 Å². The summed E-state index contributed by atoms with van der Waals surface area (Å²) in [5.74, 6) is -1.20. The van der Waals surface area contributed by atoms with Gasteiger partial charge in [-0.1, -0.05) is 0 Å². The minimum atomic E-state index is -1.20. The smallest absolute Gasteiger partial charge is 0.479 e. The highest BCUT2D eigenvalue weighted by molar-refractivity contribution is 5.71. The third-order valence-corrected chi connectivity index (χ3v) is 1.07. The number of carboxylic acid groups (broad SMARTS) is 1. The predicted octanol–water partition coefficient (Wildman–Crippen LogP) is -0.214. The summed E-state index contributed by atoms with van der Waals surface area (Å²) in [6, 6.07) is 0. The molecule has 1 N–H and O–H groups in total. The van der Waals surface area contributed by atoms with E-state index in [0.29, 0.717) is 6.54 Å². The molecule has 6 heteroatoms. The third kappa shape index (κ3) is 8.61. The molecule has 0 aliphatic rings. The van der Waals surface area contributed by atoms with E-state index < -0.39 is 18.7 Å². The lowest BCUT2D eigenvalue weighted by Gasteiger charge is -2.09. The molecule has 0 radical (unpaired) electrons. The quantitative estimate of drug-likeness (QED) is 0.606. The van der Waals surface area contributed by atoms with Gasteiger partial charge in [0, 0.05) is 6.54 Å². The Labute approximate surface area is 76.0 Å². The molecular weight excluding hydrogens is 178 g/mol. The van der Waals surface area contributed by atoms with E-state index in [2.05, 4.69) is 9.47 Å². The van der Waals surface area contributed by atoms with Crippen molar-refractivity contribution < 1.29 is 24.2 Å². The summed E-state index contributed by atoms with van der Waals surface area (Å²) in [4.78, 5) is 22.4. The van der Waals surface area contributed by atoms with Crippen LogP contribution in [0.25, 0.3) is 0 Å². The number of likely N-dealkylation sites (N-methyl/N-ethyl adjacent to an activating group) is 1. The minimum Gasteiger partial charge on any atom is -0.479 e. The molecule has 0 aromatic heterocycles. The second-order valence-electron chi connectivity index (χ2n) is 2.58. The Morgan fingerprint density at radius 1 is 1.31 bits per heavy atom. The lowest BCUT2D eigenvalue weighted by molar-refractivity contribution is -0.141. The molecule has 0 aliphatic carbocycles. The summed E-state index contributed by atoms with van der Waals surface area (Å²) in [6.07, 6.45) is -0.954. The molecule has 0 saturated heterocycles. The van der Waals surface area contributed by atoms with Crippen LogP contribution in [0.1, 0.15) is 0 Å². The van der Waals surface area contributed by atoms with E-state index in [9.17, 15) is 9.59 Å². The zero-order valence-corrected chi connectivity index (χ0v) is 7.65. The Balaban J connectivity index is 3.36. The van der Waals surface area contributed by atoms with Crippen molar-refractivity contribution in [2.75, 3.05) is 33.9 Å². The molecule has 0 aromatic rings. The molecular formula is C7H13NO5. The number of nitrogens with zero attached hydrogens (tertiary/aromatic N) is 1. The van der Waals surface area contributed by atoms with E-state index in [1.807, 2.05) is 19.0 Å². The fourth-order valence-electron chi connectivity index (χ4n) is 0.474. The number of carbonyl (C=O) groups excluding carboxylic acids is 1. The molecule has 0 saturated carbocycles. The highest BCUT2D eigenvalue weighted by Crippen LogP contribution is 1.86. The van der Waals surface area contributed by atoms with E-state index >= 15 is 0 Å². The minimum absolute atomic E-state index is 0.186. The Hall–Kier alpha value is -1.30.